The number of aliphatic hydroxyl groups excluding tert-OH is 2. The van der Waals surface area contributed by atoms with E-state index in [2.05, 4.69) is 44.1 Å². The third-order valence-corrected chi connectivity index (χ3v) is 8.54. The number of aromatic nitrogens is 4. The molecule has 1 saturated carbocycles. The fourth-order valence-corrected chi connectivity index (χ4v) is 5.83. The van der Waals surface area contributed by atoms with Crippen LogP contribution in [0.1, 0.15) is 50.6 Å². The lowest BCUT2D eigenvalue weighted by molar-refractivity contribution is -0.137. The summed E-state index contributed by atoms with van der Waals surface area (Å²) in [6.07, 6.45) is 1.18. The van der Waals surface area contributed by atoms with Crippen LogP contribution in [0.2, 0.25) is 0 Å². The first-order chi connectivity index (χ1) is 20.3. The molecule has 0 aromatic carbocycles. The van der Waals surface area contributed by atoms with Crippen molar-refractivity contribution in [2.45, 2.75) is 69.1 Å². The molecule has 5 heterocycles. The van der Waals surface area contributed by atoms with Crippen LogP contribution in [0.25, 0.3) is 11.2 Å². The van der Waals surface area contributed by atoms with Gasteiger partial charge in [-0.15, -0.1) is 0 Å². The fraction of sp³-hybridized carbons (Fsp3) is 0.679. The Hall–Kier alpha value is -3.51. The number of carbonyl (C=O) groups is 2. The van der Waals surface area contributed by atoms with Crippen LogP contribution in [0, 0.1) is 23.7 Å². The molecule has 0 bridgehead atoms. The van der Waals surface area contributed by atoms with Gasteiger partial charge in [0.1, 0.15) is 17.7 Å². The fourth-order valence-electron chi connectivity index (χ4n) is 5.83. The number of likely N-dealkylation sites (tertiary alicyclic amines) is 2. The number of carbonyl (C=O) groups excluding carboxylic acids is 2. The third-order valence-electron chi connectivity index (χ3n) is 8.54. The van der Waals surface area contributed by atoms with Gasteiger partial charge in [-0.3, -0.25) is 9.36 Å². The number of amides is 2. The molecule has 4 aliphatic rings. The van der Waals surface area contributed by atoms with Crippen molar-refractivity contribution in [3.05, 3.63) is 12.2 Å². The topological polar surface area (TPSA) is 181 Å². The molecule has 0 radical (unpaired) electrons. The van der Waals surface area contributed by atoms with Crippen molar-refractivity contribution in [3.63, 3.8) is 0 Å². The van der Waals surface area contributed by atoms with Crippen LogP contribution >= 0.6 is 0 Å². The third kappa shape index (κ3) is 6.14. The average molecular weight is 583 g/mol. The van der Waals surface area contributed by atoms with E-state index < -0.39 is 30.4 Å². The van der Waals surface area contributed by atoms with Crippen molar-refractivity contribution in [2.75, 3.05) is 45.6 Å². The zero-order chi connectivity index (χ0) is 29.4. The van der Waals surface area contributed by atoms with Gasteiger partial charge in [0, 0.05) is 38.0 Å². The van der Waals surface area contributed by atoms with Gasteiger partial charge in [0.2, 0.25) is 5.82 Å². The molecular formula is C28H38N8O6. The standard InChI is InChI=1S/C28H38N8O6/c1-34-10-7-17(13-34)14-41-28(40)35-11-8-16(9-12-35)3-2-4-19-32-24(29)20-25(33-19)36(15-30-20)27-22(38)21(37)23(42-27)26(39)31-18-5-6-18/h15-18,21-23,27,37-38H,3,5-14H2,1H3,(H,31,39)(H2,29,32,33)/t17?,21-,22+,23-,27+/m0/s1. The Kier molecular flexibility index (Phi) is 8.17. The number of nitrogens with two attached hydrogens (primary N) is 1. The molecule has 42 heavy (non-hydrogen) atoms. The average Bonchev–Trinajstić information content (AvgIpc) is 3.39. The molecule has 3 saturated heterocycles. The number of aliphatic hydroxyl groups is 2. The van der Waals surface area contributed by atoms with Crippen LogP contribution in [0.4, 0.5) is 10.6 Å². The molecule has 1 aliphatic carbocycles. The maximum atomic E-state index is 12.5. The Morgan fingerprint density at radius 3 is 2.60 bits per heavy atom. The molecule has 6 rings (SSSR count). The predicted molar refractivity (Wildman–Crippen MR) is 150 cm³/mol. The Bertz CT molecular complexity index is 1380. The molecule has 4 fully saturated rings. The molecule has 5 atom stereocenters. The second-order valence-corrected chi connectivity index (χ2v) is 11.9. The van der Waals surface area contributed by atoms with Crippen LogP contribution in [-0.2, 0) is 14.3 Å². The van der Waals surface area contributed by atoms with Gasteiger partial charge < -0.3 is 40.5 Å². The molecule has 2 aromatic heterocycles. The van der Waals surface area contributed by atoms with Crippen molar-refractivity contribution in [1.82, 2.24) is 34.6 Å². The minimum Gasteiger partial charge on any atom is -0.449 e. The van der Waals surface area contributed by atoms with Gasteiger partial charge in [0.05, 0.1) is 12.9 Å². The summed E-state index contributed by atoms with van der Waals surface area (Å²) in [6, 6.07) is 0.0882. The van der Waals surface area contributed by atoms with E-state index in [9.17, 15) is 19.8 Å². The molecule has 1 unspecified atom stereocenters. The number of nitrogen functional groups attached to an aromatic ring is 1. The number of anilines is 1. The van der Waals surface area contributed by atoms with Crippen molar-refractivity contribution in [2.24, 2.45) is 11.8 Å². The largest absolute Gasteiger partial charge is 0.449 e. The number of piperidine rings is 1. The zero-order valence-corrected chi connectivity index (χ0v) is 23.7. The van der Waals surface area contributed by atoms with Crippen molar-refractivity contribution >= 4 is 29.0 Å². The summed E-state index contributed by atoms with van der Waals surface area (Å²) < 4.78 is 12.8. The molecule has 2 aromatic rings. The summed E-state index contributed by atoms with van der Waals surface area (Å²) in [7, 11) is 2.08. The van der Waals surface area contributed by atoms with E-state index in [0.717, 1.165) is 45.2 Å². The predicted octanol–water partition coefficient (Wildman–Crippen LogP) is -0.152. The molecule has 3 aliphatic heterocycles. The molecule has 14 heteroatoms. The van der Waals surface area contributed by atoms with E-state index in [1.54, 1.807) is 4.90 Å². The summed E-state index contributed by atoms with van der Waals surface area (Å²) in [5.41, 5.74) is 6.72. The molecular weight excluding hydrogens is 544 g/mol. The maximum Gasteiger partial charge on any atom is 0.409 e. The molecule has 2 amide bonds. The van der Waals surface area contributed by atoms with E-state index in [0.29, 0.717) is 43.5 Å². The first-order valence-electron chi connectivity index (χ1n) is 14.7. The van der Waals surface area contributed by atoms with Gasteiger partial charge in [0.15, 0.2) is 23.8 Å². The lowest BCUT2D eigenvalue weighted by Crippen LogP contribution is -2.43. The molecule has 5 N–H and O–H groups in total. The Balaban J connectivity index is 1.05. The summed E-state index contributed by atoms with van der Waals surface area (Å²) in [6.45, 7) is 3.77. The number of nitrogens with one attached hydrogen (secondary N) is 1. The molecule has 14 nitrogen and oxygen atoms in total. The second kappa shape index (κ2) is 12.0. The number of fused-ring (bicyclic) bond motifs is 1. The van der Waals surface area contributed by atoms with Crippen molar-refractivity contribution in [1.29, 1.82) is 0 Å². The number of hydrogen-bond donors (Lipinski definition) is 4. The highest BCUT2D eigenvalue weighted by molar-refractivity contribution is 5.83. The molecule has 0 spiro atoms. The summed E-state index contributed by atoms with van der Waals surface area (Å²) in [5.74, 6) is 6.72. The van der Waals surface area contributed by atoms with Gasteiger partial charge >= 0.3 is 6.09 Å². The number of ether oxygens (including phenoxy) is 2. The van der Waals surface area contributed by atoms with Crippen LogP contribution in [0.15, 0.2) is 6.33 Å². The summed E-state index contributed by atoms with van der Waals surface area (Å²) in [5, 5.41) is 24.0. The van der Waals surface area contributed by atoms with E-state index in [1.807, 2.05) is 0 Å². The summed E-state index contributed by atoms with van der Waals surface area (Å²) >= 11 is 0. The Morgan fingerprint density at radius 1 is 1.12 bits per heavy atom. The highest BCUT2D eigenvalue weighted by Crippen LogP contribution is 2.33. The number of nitrogens with zero attached hydrogens (tertiary/aromatic N) is 6. The second-order valence-electron chi connectivity index (χ2n) is 11.9. The van der Waals surface area contributed by atoms with Gasteiger partial charge in [0.25, 0.3) is 5.91 Å². The smallest absolute Gasteiger partial charge is 0.409 e. The lowest BCUT2D eigenvalue weighted by atomic mass is 9.94. The van der Waals surface area contributed by atoms with Crippen LogP contribution in [0.3, 0.4) is 0 Å². The van der Waals surface area contributed by atoms with Crippen LogP contribution in [-0.4, -0.2) is 116 Å². The quantitative estimate of drug-likeness (QED) is 0.333. The van der Waals surface area contributed by atoms with E-state index >= 15 is 0 Å². The minimum atomic E-state index is -1.41. The highest BCUT2D eigenvalue weighted by Gasteiger charge is 2.48. The first-order valence-corrected chi connectivity index (χ1v) is 14.7. The van der Waals surface area contributed by atoms with Crippen molar-refractivity contribution < 1.29 is 29.3 Å². The first kappa shape index (κ1) is 28.6. The Morgan fingerprint density at radius 2 is 1.88 bits per heavy atom. The zero-order valence-electron chi connectivity index (χ0n) is 23.7. The number of imidazole rings is 1. The monoisotopic (exact) mass is 582 g/mol. The maximum absolute atomic E-state index is 12.5. The minimum absolute atomic E-state index is 0.0882. The van der Waals surface area contributed by atoms with Crippen LogP contribution < -0.4 is 11.1 Å². The number of hydrogen-bond acceptors (Lipinski definition) is 11. The van der Waals surface area contributed by atoms with Gasteiger partial charge in [-0.1, -0.05) is 5.92 Å². The van der Waals surface area contributed by atoms with E-state index in [4.69, 9.17) is 15.2 Å². The highest BCUT2D eigenvalue weighted by atomic mass is 16.6. The van der Waals surface area contributed by atoms with E-state index in [-0.39, 0.29) is 29.4 Å². The normalized spacial score (nSPS) is 28.5. The Labute approximate surface area is 243 Å². The van der Waals surface area contributed by atoms with Crippen molar-refractivity contribution in [3.8, 4) is 11.8 Å². The van der Waals surface area contributed by atoms with E-state index in [1.165, 1.54) is 10.9 Å². The molecule has 226 valence electrons. The van der Waals surface area contributed by atoms with Gasteiger partial charge in [-0.05, 0) is 57.5 Å². The van der Waals surface area contributed by atoms with Gasteiger partial charge in [-0.2, -0.15) is 0 Å². The van der Waals surface area contributed by atoms with Crippen LogP contribution in [0.5, 0.6) is 0 Å². The SMILES string of the molecule is CN1CCC(COC(=O)N2CCC(CC#Cc3nc(N)c4ncn([C@@H]5O[C@H](C(=O)NC6CC6)[C@@H](O)[C@H]5O)c4n3)CC2)C1. The number of rotatable bonds is 6. The lowest BCUT2D eigenvalue weighted by Gasteiger charge is -2.30. The summed E-state index contributed by atoms with van der Waals surface area (Å²) in [4.78, 5) is 42.0. The van der Waals surface area contributed by atoms with Gasteiger partial charge in [-0.25, -0.2) is 19.7 Å².